The molecule has 0 aliphatic heterocycles. The Bertz CT molecular complexity index is 641. The number of nitrogens with zero attached hydrogens (tertiary/aromatic N) is 1. The molecule has 0 spiro atoms. The van der Waals surface area contributed by atoms with E-state index in [0.717, 1.165) is 12.1 Å². The minimum Gasteiger partial charge on any atom is -0.502 e. The minimum atomic E-state index is -4.25. The number of carboxylic acid groups (broad SMARTS) is 1. The zero-order valence-corrected chi connectivity index (χ0v) is 10.6. The van der Waals surface area contributed by atoms with E-state index in [1.807, 2.05) is 0 Å². The van der Waals surface area contributed by atoms with Crippen LogP contribution in [0.2, 0.25) is 0 Å². The molecule has 0 aromatic heterocycles. The van der Waals surface area contributed by atoms with E-state index >= 15 is 0 Å². The molecule has 0 aliphatic carbocycles. The number of carbonyl (C=O) groups is 1. The second-order valence-electron chi connectivity index (χ2n) is 3.61. The third-order valence-corrected chi connectivity index (χ3v) is 3.63. The number of aliphatic carboxylic acids is 1. The lowest BCUT2D eigenvalue weighted by Crippen LogP contribution is -2.36. The fourth-order valence-electron chi connectivity index (χ4n) is 1.18. The van der Waals surface area contributed by atoms with Gasteiger partial charge in [-0.2, -0.15) is 0 Å². The number of carboxylic acids is 1. The van der Waals surface area contributed by atoms with Gasteiger partial charge in [0.25, 0.3) is 0 Å². The lowest BCUT2D eigenvalue weighted by molar-refractivity contribution is -0.386. The summed E-state index contributed by atoms with van der Waals surface area (Å²) >= 11 is 0. The van der Waals surface area contributed by atoms with Crippen molar-refractivity contribution in [3.8, 4) is 5.75 Å². The van der Waals surface area contributed by atoms with Gasteiger partial charge < -0.3 is 15.3 Å². The van der Waals surface area contributed by atoms with Gasteiger partial charge in [0.1, 0.15) is 0 Å². The van der Waals surface area contributed by atoms with Crippen LogP contribution in [0.15, 0.2) is 23.1 Å². The van der Waals surface area contributed by atoms with Gasteiger partial charge in [0.15, 0.2) is 11.9 Å². The van der Waals surface area contributed by atoms with Crippen LogP contribution in [-0.4, -0.2) is 47.3 Å². The van der Waals surface area contributed by atoms with Crippen LogP contribution >= 0.6 is 0 Å². The molecule has 1 aromatic rings. The second kappa shape index (κ2) is 5.81. The molecule has 0 saturated heterocycles. The maximum Gasteiger partial charge on any atom is 0.333 e. The molecular formula is C9H10N2O8S. The van der Waals surface area contributed by atoms with Crippen molar-refractivity contribution >= 4 is 21.7 Å². The summed E-state index contributed by atoms with van der Waals surface area (Å²) in [5.74, 6) is -2.33. The summed E-state index contributed by atoms with van der Waals surface area (Å²) in [4.78, 5) is 19.4. The van der Waals surface area contributed by atoms with Gasteiger partial charge in [0, 0.05) is 12.6 Å². The molecule has 0 unspecified atom stereocenters. The molecule has 0 radical (unpaired) electrons. The summed E-state index contributed by atoms with van der Waals surface area (Å²) < 4.78 is 25.2. The molecule has 1 atom stereocenters. The van der Waals surface area contributed by atoms with Crippen molar-refractivity contribution in [2.75, 3.05) is 6.54 Å². The highest BCUT2D eigenvalue weighted by atomic mass is 32.2. The summed E-state index contributed by atoms with van der Waals surface area (Å²) in [7, 11) is -4.25. The van der Waals surface area contributed by atoms with Crippen LogP contribution in [0.3, 0.4) is 0 Å². The fourth-order valence-corrected chi connectivity index (χ4v) is 2.23. The van der Waals surface area contributed by atoms with E-state index < -0.39 is 49.9 Å². The quantitative estimate of drug-likeness (QED) is 0.384. The zero-order chi connectivity index (χ0) is 15.5. The number of hydrogen-bond acceptors (Lipinski definition) is 7. The molecule has 4 N–H and O–H groups in total. The molecule has 0 saturated carbocycles. The van der Waals surface area contributed by atoms with E-state index in [0.29, 0.717) is 6.07 Å². The molecule has 10 nitrogen and oxygen atoms in total. The molecular weight excluding hydrogens is 296 g/mol. The summed E-state index contributed by atoms with van der Waals surface area (Å²) in [6.07, 6.45) is -1.95. The minimum absolute atomic E-state index is 0.542. The third kappa shape index (κ3) is 3.63. The van der Waals surface area contributed by atoms with E-state index in [2.05, 4.69) is 0 Å². The van der Waals surface area contributed by atoms with E-state index in [1.165, 1.54) is 0 Å². The standard InChI is InChI=1S/C9H10N2O8S/c12-7-2-1-5(3-6(7)11(16)17)20(18,19)10-4-8(13)9(14)15/h1-3,8,10,12-13H,4H2,(H,14,15)/t8-/m0/s1. The molecule has 0 fully saturated rings. The fraction of sp³-hybridized carbons (Fsp3) is 0.222. The molecule has 1 rings (SSSR count). The van der Waals surface area contributed by atoms with Crippen LogP contribution in [-0.2, 0) is 14.8 Å². The first-order valence-electron chi connectivity index (χ1n) is 5.03. The first-order valence-corrected chi connectivity index (χ1v) is 6.51. The highest BCUT2D eigenvalue weighted by Crippen LogP contribution is 2.28. The largest absolute Gasteiger partial charge is 0.502 e. The van der Waals surface area contributed by atoms with E-state index in [1.54, 1.807) is 4.72 Å². The summed E-state index contributed by atoms with van der Waals surface area (Å²) in [6, 6.07) is 2.34. The van der Waals surface area contributed by atoms with Gasteiger partial charge in [0.2, 0.25) is 10.0 Å². The highest BCUT2D eigenvalue weighted by Gasteiger charge is 2.23. The number of aliphatic hydroxyl groups is 1. The van der Waals surface area contributed by atoms with Crippen LogP contribution in [0.25, 0.3) is 0 Å². The van der Waals surface area contributed by atoms with Crippen LogP contribution in [0.1, 0.15) is 0 Å². The molecule has 0 aliphatic rings. The van der Waals surface area contributed by atoms with Gasteiger partial charge in [-0.15, -0.1) is 0 Å². The molecule has 1 aromatic carbocycles. The summed E-state index contributed by atoms with van der Waals surface area (Å²) in [5.41, 5.74) is -0.813. The number of hydrogen-bond donors (Lipinski definition) is 4. The Hall–Kier alpha value is -2.24. The van der Waals surface area contributed by atoms with Gasteiger partial charge in [-0.05, 0) is 12.1 Å². The number of benzene rings is 1. The number of sulfonamides is 1. The molecule has 11 heteroatoms. The number of nitro groups is 1. The van der Waals surface area contributed by atoms with Crippen molar-refractivity contribution in [2.45, 2.75) is 11.0 Å². The van der Waals surface area contributed by atoms with Crippen LogP contribution in [0, 0.1) is 10.1 Å². The molecule has 0 amide bonds. The number of phenolic OH excluding ortho intramolecular Hbond substituents is 1. The van der Waals surface area contributed by atoms with Gasteiger partial charge >= 0.3 is 11.7 Å². The lowest BCUT2D eigenvalue weighted by atomic mass is 10.3. The van der Waals surface area contributed by atoms with Crippen LogP contribution in [0.5, 0.6) is 5.75 Å². The number of aromatic hydroxyl groups is 1. The highest BCUT2D eigenvalue weighted by molar-refractivity contribution is 7.89. The molecule has 20 heavy (non-hydrogen) atoms. The van der Waals surface area contributed by atoms with Crippen molar-refractivity contribution in [1.82, 2.24) is 4.72 Å². The zero-order valence-electron chi connectivity index (χ0n) is 9.75. The monoisotopic (exact) mass is 306 g/mol. The van der Waals surface area contributed by atoms with Gasteiger partial charge in [-0.1, -0.05) is 0 Å². The average Bonchev–Trinajstić information content (AvgIpc) is 2.35. The van der Waals surface area contributed by atoms with Crippen molar-refractivity contribution in [2.24, 2.45) is 0 Å². The molecule has 110 valence electrons. The van der Waals surface area contributed by atoms with Gasteiger partial charge in [-0.25, -0.2) is 17.9 Å². The Morgan fingerprint density at radius 3 is 2.55 bits per heavy atom. The Morgan fingerprint density at radius 1 is 1.45 bits per heavy atom. The SMILES string of the molecule is O=C(O)[C@@H](O)CNS(=O)(=O)c1ccc(O)c([N+](=O)[O-])c1. The Balaban J connectivity index is 3.01. The van der Waals surface area contributed by atoms with Crippen molar-refractivity contribution < 1.29 is 33.5 Å². The predicted octanol–water partition coefficient (Wildman–Crippen LogP) is -0.976. The number of phenols is 1. The van der Waals surface area contributed by atoms with Gasteiger partial charge in [0.05, 0.1) is 9.82 Å². The predicted molar refractivity (Wildman–Crippen MR) is 63.6 cm³/mol. The Morgan fingerprint density at radius 2 is 2.05 bits per heavy atom. The summed E-state index contributed by atoms with van der Waals surface area (Å²) in [6.45, 7) is -0.799. The van der Waals surface area contributed by atoms with E-state index in [-0.39, 0.29) is 0 Å². The molecule has 0 bridgehead atoms. The lowest BCUT2D eigenvalue weighted by Gasteiger charge is -2.09. The maximum absolute atomic E-state index is 11.7. The van der Waals surface area contributed by atoms with Gasteiger partial charge in [-0.3, -0.25) is 10.1 Å². The number of nitro benzene ring substituents is 1. The van der Waals surface area contributed by atoms with Crippen molar-refractivity contribution in [3.05, 3.63) is 28.3 Å². The Kier molecular flexibility index (Phi) is 4.60. The van der Waals surface area contributed by atoms with Crippen molar-refractivity contribution in [3.63, 3.8) is 0 Å². The normalized spacial score (nSPS) is 12.8. The first kappa shape index (κ1) is 15.8. The van der Waals surface area contributed by atoms with Crippen LogP contribution < -0.4 is 4.72 Å². The van der Waals surface area contributed by atoms with E-state index in [4.69, 9.17) is 10.2 Å². The topological polar surface area (TPSA) is 167 Å². The number of aliphatic hydroxyl groups excluding tert-OH is 1. The third-order valence-electron chi connectivity index (χ3n) is 2.21. The smallest absolute Gasteiger partial charge is 0.333 e. The first-order chi connectivity index (χ1) is 9.15. The maximum atomic E-state index is 11.7. The number of rotatable bonds is 6. The van der Waals surface area contributed by atoms with Crippen molar-refractivity contribution in [1.29, 1.82) is 0 Å². The van der Waals surface area contributed by atoms with E-state index in [9.17, 15) is 28.4 Å². The molecule has 0 heterocycles. The Labute approximate surface area is 112 Å². The summed E-state index contributed by atoms with van der Waals surface area (Å²) in [5, 5.41) is 37.1. The van der Waals surface area contributed by atoms with Crippen LogP contribution in [0.4, 0.5) is 5.69 Å². The second-order valence-corrected chi connectivity index (χ2v) is 5.38. The average molecular weight is 306 g/mol. The number of nitrogens with one attached hydrogen (secondary N) is 1.